The maximum absolute atomic E-state index is 4.75. The molecular formula is C18H22N2. The first-order valence-electron chi connectivity index (χ1n) is 7.61. The van der Waals surface area contributed by atoms with Crippen molar-refractivity contribution in [1.29, 1.82) is 0 Å². The monoisotopic (exact) mass is 266 g/mol. The van der Waals surface area contributed by atoms with Gasteiger partial charge >= 0.3 is 0 Å². The van der Waals surface area contributed by atoms with Gasteiger partial charge in [0.2, 0.25) is 0 Å². The second-order valence-electron chi connectivity index (χ2n) is 5.52. The van der Waals surface area contributed by atoms with Crippen molar-refractivity contribution < 1.29 is 0 Å². The van der Waals surface area contributed by atoms with Crippen molar-refractivity contribution in [2.75, 3.05) is 0 Å². The fourth-order valence-corrected chi connectivity index (χ4v) is 3.21. The van der Waals surface area contributed by atoms with Gasteiger partial charge in [0, 0.05) is 29.0 Å². The summed E-state index contributed by atoms with van der Waals surface area (Å²) in [6, 6.07) is 8.69. The van der Waals surface area contributed by atoms with Crippen LogP contribution in [0.3, 0.4) is 0 Å². The Hall–Kier alpha value is -1.83. The Kier molecular flexibility index (Phi) is 3.47. The molecule has 0 N–H and O–H groups in total. The molecule has 0 spiro atoms. The number of pyridine rings is 1. The minimum atomic E-state index is 1.08. The fourth-order valence-electron chi connectivity index (χ4n) is 3.21. The lowest BCUT2D eigenvalue weighted by Gasteiger charge is -2.09. The summed E-state index contributed by atoms with van der Waals surface area (Å²) in [7, 11) is 2.14. The van der Waals surface area contributed by atoms with Gasteiger partial charge in [0.25, 0.3) is 0 Å². The molecule has 2 aromatic heterocycles. The van der Waals surface area contributed by atoms with Gasteiger partial charge in [-0.1, -0.05) is 44.9 Å². The molecule has 2 nitrogen and oxygen atoms in total. The van der Waals surface area contributed by atoms with Crippen molar-refractivity contribution >= 4 is 21.8 Å². The average molecular weight is 266 g/mol. The van der Waals surface area contributed by atoms with Crippen molar-refractivity contribution in [3.63, 3.8) is 0 Å². The van der Waals surface area contributed by atoms with Gasteiger partial charge in [0.05, 0.1) is 11.7 Å². The van der Waals surface area contributed by atoms with E-state index in [9.17, 15) is 0 Å². The van der Waals surface area contributed by atoms with Crippen LogP contribution >= 0.6 is 0 Å². The summed E-state index contributed by atoms with van der Waals surface area (Å²) in [4.78, 5) is 4.75. The van der Waals surface area contributed by atoms with Gasteiger partial charge in [0.15, 0.2) is 0 Å². The zero-order valence-corrected chi connectivity index (χ0v) is 12.6. The molecule has 0 unspecified atom stereocenters. The van der Waals surface area contributed by atoms with Crippen LogP contribution in [0.2, 0.25) is 0 Å². The molecule has 3 aromatic rings. The first-order valence-corrected chi connectivity index (χ1v) is 7.61. The number of fused-ring (bicyclic) bond motifs is 3. The lowest BCUT2D eigenvalue weighted by Crippen LogP contribution is -1.99. The minimum Gasteiger partial charge on any atom is -0.342 e. The molecule has 0 atom stereocenters. The van der Waals surface area contributed by atoms with E-state index in [4.69, 9.17) is 4.98 Å². The fraction of sp³-hybridized carbons (Fsp3) is 0.389. The maximum Gasteiger partial charge on any atom is 0.0678 e. The van der Waals surface area contributed by atoms with Crippen molar-refractivity contribution in [2.45, 2.75) is 39.5 Å². The Morgan fingerprint density at radius 1 is 1.00 bits per heavy atom. The Bertz CT molecular complexity index is 753. The zero-order valence-electron chi connectivity index (χ0n) is 12.6. The summed E-state index contributed by atoms with van der Waals surface area (Å²) in [6.45, 7) is 4.48. The Balaban J connectivity index is 2.42. The van der Waals surface area contributed by atoms with E-state index in [-0.39, 0.29) is 0 Å². The Labute approximate surface area is 120 Å². The molecule has 104 valence electrons. The lowest BCUT2D eigenvalue weighted by atomic mass is 9.99. The highest BCUT2D eigenvalue weighted by Gasteiger charge is 2.15. The van der Waals surface area contributed by atoms with Gasteiger partial charge in [-0.3, -0.25) is 4.98 Å². The smallest absolute Gasteiger partial charge is 0.0678 e. The highest BCUT2D eigenvalue weighted by atomic mass is 14.9. The molecule has 0 fully saturated rings. The summed E-state index contributed by atoms with van der Waals surface area (Å²) in [5.41, 5.74) is 5.31. The van der Waals surface area contributed by atoms with Crippen LogP contribution in [-0.2, 0) is 19.9 Å². The highest BCUT2D eigenvalue weighted by molar-refractivity contribution is 6.09. The Morgan fingerprint density at radius 3 is 2.50 bits per heavy atom. The molecule has 2 heteroatoms. The van der Waals surface area contributed by atoms with Gasteiger partial charge in [-0.2, -0.15) is 0 Å². The van der Waals surface area contributed by atoms with Gasteiger partial charge in [-0.15, -0.1) is 0 Å². The molecule has 20 heavy (non-hydrogen) atoms. The molecule has 0 saturated carbocycles. The van der Waals surface area contributed by atoms with Crippen LogP contribution in [0, 0.1) is 0 Å². The van der Waals surface area contributed by atoms with Crippen molar-refractivity contribution in [3.05, 3.63) is 41.7 Å². The molecule has 0 amide bonds. The number of benzene rings is 1. The highest BCUT2D eigenvalue weighted by Crippen LogP contribution is 2.32. The van der Waals surface area contributed by atoms with E-state index < -0.39 is 0 Å². The number of para-hydroxylation sites is 1. The molecule has 0 radical (unpaired) electrons. The number of aromatic nitrogens is 2. The van der Waals surface area contributed by atoms with Crippen LogP contribution < -0.4 is 0 Å². The van der Waals surface area contributed by atoms with Crippen LogP contribution in [0.4, 0.5) is 0 Å². The number of hydrogen-bond acceptors (Lipinski definition) is 1. The number of aryl methyl sites for hydroxylation is 3. The van der Waals surface area contributed by atoms with E-state index in [2.05, 4.69) is 55.9 Å². The molecule has 0 aliphatic heterocycles. The molecule has 0 aliphatic rings. The molecule has 0 aliphatic carbocycles. The van der Waals surface area contributed by atoms with Crippen LogP contribution in [0.25, 0.3) is 21.8 Å². The van der Waals surface area contributed by atoms with E-state index in [1.807, 2.05) is 0 Å². The van der Waals surface area contributed by atoms with Crippen LogP contribution in [0.15, 0.2) is 30.5 Å². The normalized spacial score (nSPS) is 11.6. The SMILES string of the molecule is CCCc1ncc2c(c1CCC)c1ccccc1n2C. The van der Waals surface area contributed by atoms with Crippen molar-refractivity contribution in [2.24, 2.45) is 7.05 Å². The van der Waals surface area contributed by atoms with E-state index in [0.717, 1.165) is 19.3 Å². The molecule has 0 saturated heterocycles. The molecular weight excluding hydrogens is 244 g/mol. The van der Waals surface area contributed by atoms with Crippen LogP contribution in [0.1, 0.15) is 37.9 Å². The molecule has 2 heterocycles. The summed E-state index contributed by atoms with van der Waals surface area (Å²) in [5.74, 6) is 0. The molecule has 3 rings (SSSR count). The van der Waals surface area contributed by atoms with Crippen LogP contribution in [-0.4, -0.2) is 9.55 Å². The maximum atomic E-state index is 4.75. The summed E-state index contributed by atoms with van der Waals surface area (Å²) >= 11 is 0. The topological polar surface area (TPSA) is 17.8 Å². The second kappa shape index (κ2) is 5.28. The number of rotatable bonds is 4. The third kappa shape index (κ3) is 1.91. The second-order valence-corrected chi connectivity index (χ2v) is 5.52. The van der Waals surface area contributed by atoms with E-state index >= 15 is 0 Å². The van der Waals surface area contributed by atoms with E-state index in [1.165, 1.54) is 39.5 Å². The number of hydrogen-bond donors (Lipinski definition) is 0. The first kappa shape index (κ1) is 13.2. The van der Waals surface area contributed by atoms with Crippen molar-refractivity contribution in [1.82, 2.24) is 9.55 Å². The molecule has 0 bridgehead atoms. The lowest BCUT2D eigenvalue weighted by molar-refractivity contribution is 0.835. The summed E-state index contributed by atoms with van der Waals surface area (Å²) < 4.78 is 2.27. The number of nitrogens with zero attached hydrogens (tertiary/aromatic N) is 2. The minimum absolute atomic E-state index is 1.08. The summed E-state index contributed by atoms with van der Waals surface area (Å²) in [6.07, 6.45) is 6.57. The zero-order chi connectivity index (χ0) is 14.1. The predicted molar refractivity (Wildman–Crippen MR) is 86.2 cm³/mol. The average Bonchev–Trinajstić information content (AvgIpc) is 2.76. The first-order chi connectivity index (χ1) is 9.77. The standard InChI is InChI=1S/C18H22N2/c1-4-8-13-15(9-5-2)19-12-17-18(13)14-10-6-7-11-16(14)20(17)3/h6-7,10-12H,4-5,8-9H2,1-3H3. The van der Waals surface area contributed by atoms with Gasteiger partial charge in [-0.25, -0.2) is 0 Å². The van der Waals surface area contributed by atoms with Gasteiger partial charge in [0.1, 0.15) is 0 Å². The van der Waals surface area contributed by atoms with Crippen LogP contribution in [0.5, 0.6) is 0 Å². The van der Waals surface area contributed by atoms with Gasteiger partial charge in [-0.05, 0) is 24.5 Å². The third-order valence-corrected chi connectivity index (χ3v) is 4.13. The van der Waals surface area contributed by atoms with Gasteiger partial charge < -0.3 is 4.57 Å². The predicted octanol–water partition coefficient (Wildman–Crippen LogP) is 4.63. The largest absolute Gasteiger partial charge is 0.342 e. The van der Waals surface area contributed by atoms with E-state index in [0.29, 0.717) is 0 Å². The molecule has 1 aromatic carbocycles. The van der Waals surface area contributed by atoms with E-state index in [1.54, 1.807) is 0 Å². The van der Waals surface area contributed by atoms with Crippen molar-refractivity contribution in [3.8, 4) is 0 Å². The summed E-state index contributed by atoms with van der Waals surface area (Å²) in [5, 5.41) is 2.79. The Morgan fingerprint density at radius 2 is 1.75 bits per heavy atom. The quantitative estimate of drug-likeness (QED) is 0.673. The third-order valence-electron chi connectivity index (χ3n) is 4.13.